The van der Waals surface area contributed by atoms with Crippen LogP contribution in [-0.2, 0) is 10.0 Å². The van der Waals surface area contributed by atoms with E-state index in [-0.39, 0.29) is 34.4 Å². The second-order valence-corrected chi connectivity index (χ2v) is 8.31. The molecule has 1 aliphatic heterocycles. The lowest BCUT2D eigenvalue weighted by Crippen LogP contribution is -2.43. The summed E-state index contributed by atoms with van der Waals surface area (Å²) in [5.41, 5.74) is 0. The summed E-state index contributed by atoms with van der Waals surface area (Å²) in [6.07, 6.45) is 2.74. The van der Waals surface area contributed by atoms with Crippen molar-refractivity contribution in [2.45, 2.75) is 36.2 Å². The third-order valence-corrected chi connectivity index (χ3v) is 7.21. The van der Waals surface area contributed by atoms with Gasteiger partial charge in [0.2, 0.25) is 10.0 Å². The van der Waals surface area contributed by atoms with Gasteiger partial charge in [0.25, 0.3) is 0 Å². The van der Waals surface area contributed by atoms with Crippen LogP contribution in [0.15, 0.2) is 27.6 Å². The first-order chi connectivity index (χ1) is 9.51. The Morgan fingerprint density at radius 1 is 1.24 bits per heavy atom. The molecule has 4 nitrogen and oxygen atoms in total. The molecule has 3 rings (SSSR count). The second-order valence-electron chi connectivity index (χ2n) is 5.26. The highest BCUT2D eigenvalue weighted by Crippen LogP contribution is 2.39. The molecule has 2 fully saturated rings. The van der Waals surface area contributed by atoms with Crippen LogP contribution in [0.25, 0.3) is 0 Å². The summed E-state index contributed by atoms with van der Waals surface area (Å²) in [5, 5.41) is 3.51. The van der Waals surface area contributed by atoms with Gasteiger partial charge >= 0.3 is 0 Å². The average Bonchev–Trinajstić information content (AvgIpc) is 3.03. The van der Waals surface area contributed by atoms with Gasteiger partial charge in [0.1, 0.15) is 4.90 Å². The molecule has 21 heavy (non-hydrogen) atoms. The fraction of sp³-hybridized carbons (Fsp3) is 0.538. The number of nitrogens with one attached hydrogen (secondary N) is 1. The highest BCUT2D eigenvalue weighted by Gasteiger charge is 2.44. The summed E-state index contributed by atoms with van der Waals surface area (Å²) in [7, 11) is -3.57. The Labute approximate surface area is 144 Å². The smallest absolute Gasteiger partial charge is 0.246 e. The average molecular weight is 416 g/mol. The minimum atomic E-state index is -3.57. The van der Waals surface area contributed by atoms with Gasteiger partial charge in [-0.05, 0) is 53.9 Å². The van der Waals surface area contributed by atoms with Gasteiger partial charge in [0.15, 0.2) is 0 Å². The Bertz CT molecular complexity index is 596. The number of hydrogen-bond acceptors (Lipinski definition) is 3. The van der Waals surface area contributed by atoms with Gasteiger partial charge in [-0.3, -0.25) is 0 Å². The Balaban J connectivity index is 0.00000161. The highest BCUT2D eigenvalue weighted by atomic mass is 79.9. The van der Waals surface area contributed by atoms with Crippen molar-refractivity contribution in [3.8, 4) is 0 Å². The number of rotatable bonds is 4. The van der Waals surface area contributed by atoms with Crippen LogP contribution >= 0.6 is 39.9 Å². The van der Waals surface area contributed by atoms with E-state index in [2.05, 4.69) is 21.2 Å². The van der Waals surface area contributed by atoms with Gasteiger partial charge in [0, 0.05) is 23.1 Å². The van der Waals surface area contributed by atoms with E-state index in [0.29, 0.717) is 4.47 Å². The molecule has 0 aromatic heterocycles. The lowest BCUT2D eigenvalue weighted by molar-refractivity contribution is 0.327. The molecule has 1 N–H and O–H groups in total. The third-order valence-electron chi connectivity index (χ3n) is 3.76. The molecule has 0 bridgehead atoms. The third kappa shape index (κ3) is 3.41. The van der Waals surface area contributed by atoms with Gasteiger partial charge in [0.05, 0.1) is 5.02 Å². The number of benzene rings is 1. The number of halogens is 3. The molecule has 118 valence electrons. The van der Waals surface area contributed by atoms with Crippen LogP contribution in [0.2, 0.25) is 5.02 Å². The van der Waals surface area contributed by atoms with Crippen LogP contribution < -0.4 is 5.32 Å². The molecule has 1 saturated carbocycles. The molecule has 1 atom stereocenters. The van der Waals surface area contributed by atoms with Gasteiger partial charge in [-0.2, -0.15) is 4.31 Å². The monoisotopic (exact) mass is 414 g/mol. The minimum Gasteiger partial charge on any atom is -0.315 e. The number of nitrogens with zero attached hydrogens (tertiary/aromatic N) is 1. The molecule has 1 saturated heterocycles. The molecule has 2 aliphatic rings. The standard InChI is InChI=1S/C13H16BrClN2O2S.ClH/c14-11-2-1-3-12(15)13(11)20(18,19)17(9-4-5-9)10-6-7-16-8-10;/h1-3,9-10,16H,4-8H2;1H. The van der Waals surface area contributed by atoms with E-state index >= 15 is 0 Å². The Morgan fingerprint density at radius 3 is 2.48 bits per heavy atom. The van der Waals surface area contributed by atoms with E-state index in [1.165, 1.54) is 0 Å². The first-order valence-electron chi connectivity index (χ1n) is 6.70. The van der Waals surface area contributed by atoms with Crippen LogP contribution in [0.4, 0.5) is 0 Å². The fourth-order valence-corrected chi connectivity index (χ4v) is 6.29. The van der Waals surface area contributed by atoms with E-state index in [0.717, 1.165) is 32.4 Å². The molecule has 1 aromatic carbocycles. The fourth-order valence-electron chi connectivity index (χ4n) is 2.71. The first-order valence-corrected chi connectivity index (χ1v) is 9.31. The highest BCUT2D eigenvalue weighted by molar-refractivity contribution is 9.10. The molecule has 1 heterocycles. The van der Waals surface area contributed by atoms with E-state index in [1.807, 2.05) is 0 Å². The maximum absolute atomic E-state index is 13.0. The Hall–Kier alpha value is 0.150. The molecule has 0 amide bonds. The van der Waals surface area contributed by atoms with Crippen molar-refractivity contribution in [2.24, 2.45) is 0 Å². The van der Waals surface area contributed by atoms with Gasteiger partial charge < -0.3 is 5.32 Å². The molecule has 0 spiro atoms. The van der Waals surface area contributed by atoms with Crippen molar-refractivity contribution in [2.75, 3.05) is 13.1 Å². The van der Waals surface area contributed by atoms with Crippen LogP contribution in [0, 0.1) is 0 Å². The van der Waals surface area contributed by atoms with Crippen molar-refractivity contribution in [3.05, 3.63) is 27.7 Å². The Morgan fingerprint density at radius 2 is 1.95 bits per heavy atom. The SMILES string of the molecule is Cl.O=S(=O)(c1c(Cl)cccc1Br)N(C1CC1)C1CCNC1. The summed E-state index contributed by atoms with van der Waals surface area (Å²) >= 11 is 9.46. The predicted molar refractivity (Wildman–Crippen MR) is 89.7 cm³/mol. The summed E-state index contributed by atoms with van der Waals surface area (Å²) in [6.45, 7) is 1.59. The maximum atomic E-state index is 13.0. The molecule has 8 heteroatoms. The molecular weight excluding hydrogens is 399 g/mol. The molecule has 0 radical (unpaired) electrons. The molecule has 1 aromatic rings. The molecule has 1 aliphatic carbocycles. The van der Waals surface area contributed by atoms with Crippen molar-refractivity contribution in [1.29, 1.82) is 0 Å². The zero-order valence-corrected chi connectivity index (χ0v) is 15.2. The predicted octanol–water partition coefficient (Wildman–Crippen LogP) is 3.04. The van der Waals surface area contributed by atoms with Gasteiger partial charge in [-0.15, -0.1) is 12.4 Å². The largest absolute Gasteiger partial charge is 0.315 e. The van der Waals surface area contributed by atoms with Crippen molar-refractivity contribution in [1.82, 2.24) is 9.62 Å². The van der Waals surface area contributed by atoms with Crippen LogP contribution in [0.5, 0.6) is 0 Å². The summed E-state index contributed by atoms with van der Waals surface area (Å²) in [6, 6.07) is 5.25. The zero-order chi connectivity index (χ0) is 14.3. The van der Waals surface area contributed by atoms with E-state index in [1.54, 1.807) is 22.5 Å². The van der Waals surface area contributed by atoms with Crippen molar-refractivity contribution in [3.63, 3.8) is 0 Å². The quantitative estimate of drug-likeness (QED) is 0.821. The lowest BCUT2D eigenvalue weighted by Gasteiger charge is -2.28. The maximum Gasteiger partial charge on any atom is 0.246 e. The minimum absolute atomic E-state index is 0. The topological polar surface area (TPSA) is 49.4 Å². The molecule has 1 unspecified atom stereocenters. The summed E-state index contributed by atoms with van der Waals surface area (Å²) in [4.78, 5) is 0.195. The summed E-state index contributed by atoms with van der Waals surface area (Å²) in [5.74, 6) is 0. The van der Waals surface area contributed by atoms with E-state index in [4.69, 9.17) is 11.6 Å². The van der Waals surface area contributed by atoms with Crippen LogP contribution in [-0.4, -0.2) is 37.9 Å². The van der Waals surface area contributed by atoms with E-state index < -0.39 is 10.0 Å². The second kappa shape index (κ2) is 6.72. The van der Waals surface area contributed by atoms with Crippen LogP contribution in [0.3, 0.4) is 0 Å². The zero-order valence-electron chi connectivity index (χ0n) is 11.3. The summed E-state index contributed by atoms with van der Waals surface area (Å²) < 4.78 is 28.3. The Kier molecular flexibility index (Phi) is 5.60. The van der Waals surface area contributed by atoms with Crippen molar-refractivity contribution >= 4 is 50.0 Å². The lowest BCUT2D eigenvalue weighted by atomic mass is 10.2. The first kappa shape index (κ1) is 17.5. The number of sulfonamides is 1. The van der Waals surface area contributed by atoms with Crippen LogP contribution in [0.1, 0.15) is 19.3 Å². The number of hydrogen-bond donors (Lipinski definition) is 1. The van der Waals surface area contributed by atoms with Gasteiger partial charge in [-0.1, -0.05) is 17.7 Å². The van der Waals surface area contributed by atoms with E-state index in [9.17, 15) is 8.42 Å². The van der Waals surface area contributed by atoms with Gasteiger partial charge in [-0.25, -0.2) is 8.42 Å². The molecular formula is C13H17BrCl2N2O2S. The normalized spacial score (nSPS) is 22.3. The van der Waals surface area contributed by atoms with Crippen molar-refractivity contribution < 1.29 is 8.42 Å².